The zero-order valence-electron chi connectivity index (χ0n) is 56.7. The lowest BCUT2D eigenvalue weighted by Gasteiger charge is -2.46. The van der Waals surface area contributed by atoms with Crippen molar-refractivity contribution >= 4 is 5.91 Å². The van der Waals surface area contributed by atoms with Gasteiger partial charge in [0.25, 0.3) is 0 Å². The van der Waals surface area contributed by atoms with Gasteiger partial charge in [-0.2, -0.15) is 0 Å². The number of aliphatic hydroxyl groups excluding tert-OH is 8. The number of rotatable bonds is 61. The fourth-order valence-electron chi connectivity index (χ4n) is 12.2. The van der Waals surface area contributed by atoms with Crippen LogP contribution in [-0.4, -0.2) is 140 Å². The van der Waals surface area contributed by atoms with E-state index in [4.69, 9.17) is 18.9 Å². The van der Waals surface area contributed by atoms with Crippen LogP contribution in [0.3, 0.4) is 0 Å². The van der Waals surface area contributed by atoms with Crippen molar-refractivity contribution in [1.82, 2.24) is 5.32 Å². The molecule has 520 valence electrons. The number of carbonyl (C=O) groups is 1. The van der Waals surface area contributed by atoms with Crippen molar-refractivity contribution in [3.63, 3.8) is 0 Å². The summed E-state index contributed by atoms with van der Waals surface area (Å²) in [5.74, 6) is -0.208. The molecule has 14 heteroatoms. The maximum absolute atomic E-state index is 13.4. The van der Waals surface area contributed by atoms with Crippen molar-refractivity contribution in [2.75, 3.05) is 19.8 Å². The zero-order chi connectivity index (χ0) is 64.5. The van der Waals surface area contributed by atoms with Crippen LogP contribution in [0.15, 0.2) is 60.8 Å². The summed E-state index contributed by atoms with van der Waals surface area (Å²) in [6.07, 6.45) is 62.4. The number of hydrogen-bond donors (Lipinski definition) is 9. The largest absolute Gasteiger partial charge is 0.394 e. The van der Waals surface area contributed by atoms with Gasteiger partial charge in [-0.25, -0.2) is 0 Å². The van der Waals surface area contributed by atoms with Crippen molar-refractivity contribution in [3.05, 3.63) is 60.8 Å². The van der Waals surface area contributed by atoms with Gasteiger partial charge in [0.15, 0.2) is 12.6 Å². The Bertz CT molecular complexity index is 1720. The standard InChI is InChI=1S/C75H137NO13/c1-3-5-7-9-11-13-15-17-19-21-23-25-27-29-31-33-34-36-38-40-42-44-46-48-50-52-54-56-58-64(79)63(62-86-74-72(85)70(83)73(66(61-78)88-74)89-75-71(84)69(82)68(81)65(60-77)87-75)76-67(80)59-57-55-53-51-49-47-45-43-41-39-37-35-32-30-28-26-24-22-20-18-16-14-12-10-8-6-4-2/h6,8,12,14,18,20,24,26,30,32,63-66,68-75,77-79,81-85H,3-5,7,9-11,13,15-17,19,21-23,25,27-29,31,33-62H2,1-2H3,(H,76,80)/b8-6-,14-12-,20-18-,26-24-,32-30-. The molecule has 0 aromatic rings. The van der Waals surface area contributed by atoms with Gasteiger partial charge in [0.05, 0.1) is 32.0 Å². The van der Waals surface area contributed by atoms with Crippen molar-refractivity contribution < 1.29 is 64.6 Å². The minimum absolute atomic E-state index is 0.208. The van der Waals surface area contributed by atoms with E-state index in [9.17, 15) is 45.6 Å². The average Bonchev–Trinajstić information content (AvgIpc) is 2.75. The van der Waals surface area contributed by atoms with Crippen molar-refractivity contribution in [1.29, 1.82) is 0 Å². The predicted octanol–water partition coefficient (Wildman–Crippen LogP) is 15.6. The molecule has 2 aliphatic heterocycles. The Morgan fingerprint density at radius 2 is 0.775 bits per heavy atom. The van der Waals surface area contributed by atoms with Crippen molar-refractivity contribution in [2.45, 2.75) is 389 Å². The highest BCUT2D eigenvalue weighted by molar-refractivity contribution is 5.76. The van der Waals surface area contributed by atoms with Gasteiger partial charge in [-0.1, -0.05) is 312 Å². The Morgan fingerprint density at radius 3 is 1.19 bits per heavy atom. The lowest BCUT2D eigenvalue weighted by Crippen LogP contribution is -2.65. The number of allylic oxidation sites excluding steroid dienone is 10. The van der Waals surface area contributed by atoms with E-state index in [1.807, 2.05) is 0 Å². The number of hydrogen-bond acceptors (Lipinski definition) is 13. The Labute approximate surface area is 543 Å². The second-order valence-electron chi connectivity index (χ2n) is 26.0. The Balaban J connectivity index is 1.65. The van der Waals surface area contributed by atoms with E-state index < -0.39 is 86.8 Å². The summed E-state index contributed by atoms with van der Waals surface area (Å²) in [5.41, 5.74) is 0. The van der Waals surface area contributed by atoms with Gasteiger partial charge in [0.1, 0.15) is 48.8 Å². The minimum Gasteiger partial charge on any atom is -0.394 e. The summed E-state index contributed by atoms with van der Waals surface area (Å²) in [4.78, 5) is 13.4. The van der Waals surface area contributed by atoms with Crippen LogP contribution >= 0.6 is 0 Å². The normalized spacial score (nSPS) is 23.3. The van der Waals surface area contributed by atoms with Crippen LogP contribution < -0.4 is 5.32 Å². The van der Waals surface area contributed by atoms with Gasteiger partial charge < -0.3 is 65.1 Å². The predicted molar refractivity (Wildman–Crippen MR) is 364 cm³/mol. The summed E-state index contributed by atoms with van der Waals surface area (Å²) in [6.45, 7) is 2.79. The van der Waals surface area contributed by atoms with Gasteiger partial charge in [-0.3, -0.25) is 4.79 Å². The monoisotopic (exact) mass is 1260 g/mol. The second-order valence-corrected chi connectivity index (χ2v) is 26.0. The fourth-order valence-corrected chi connectivity index (χ4v) is 12.2. The molecule has 2 aliphatic rings. The van der Waals surface area contributed by atoms with Gasteiger partial charge in [-0.15, -0.1) is 0 Å². The van der Waals surface area contributed by atoms with Crippen molar-refractivity contribution in [3.8, 4) is 0 Å². The molecular weight excluding hydrogens is 1120 g/mol. The average molecular weight is 1260 g/mol. The molecule has 2 fully saturated rings. The molecule has 14 nitrogen and oxygen atoms in total. The van der Waals surface area contributed by atoms with E-state index in [1.54, 1.807) is 0 Å². The molecule has 2 rings (SSSR count). The summed E-state index contributed by atoms with van der Waals surface area (Å²) in [7, 11) is 0. The van der Waals surface area contributed by atoms with E-state index in [2.05, 4.69) is 79.9 Å². The number of nitrogens with one attached hydrogen (secondary N) is 1. The summed E-state index contributed by atoms with van der Waals surface area (Å²) < 4.78 is 23.0. The van der Waals surface area contributed by atoms with Gasteiger partial charge in [0.2, 0.25) is 5.91 Å². The lowest BCUT2D eigenvalue weighted by atomic mass is 9.97. The zero-order valence-corrected chi connectivity index (χ0v) is 56.7. The van der Waals surface area contributed by atoms with Crippen molar-refractivity contribution in [2.24, 2.45) is 0 Å². The van der Waals surface area contributed by atoms with Gasteiger partial charge >= 0.3 is 0 Å². The van der Waals surface area contributed by atoms with E-state index in [-0.39, 0.29) is 12.5 Å². The van der Waals surface area contributed by atoms with Crippen LogP contribution in [0.1, 0.15) is 316 Å². The number of ether oxygens (including phenoxy) is 4. The first-order valence-corrected chi connectivity index (χ1v) is 37.0. The third kappa shape index (κ3) is 43.3. The topological polar surface area (TPSA) is 228 Å². The molecule has 0 saturated carbocycles. The first-order chi connectivity index (χ1) is 43.6. The summed E-state index contributed by atoms with van der Waals surface area (Å²) in [6, 6.07) is -0.835. The smallest absolute Gasteiger partial charge is 0.220 e. The Kier molecular flexibility index (Phi) is 55.3. The van der Waals surface area contributed by atoms with Crippen LogP contribution in [0, 0.1) is 0 Å². The molecule has 2 saturated heterocycles. The van der Waals surface area contributed by atoms with E-state index in [1.165, 1.54) is 199 Å². The second kappa shape index (κ2) is 59.4. The molecule has 0 aliphatic carbocycles. The number of aliphatic hydroxyl groups is 8. The van der Waals surface area contributed by atoms with E-state index in [0.717, 1.165) is 89.9 Å². The molecule has 12 unspecified atom stereocenters. The fraction of sp³-hybridized carbons (Fsp3) is 0.853. The molecule has 0 radical (unpaired) electrons. The van der Waals surface area contributed by atoms with E-state index >= 15 is 0 Å². The number of carbonyl (C=O) groups excluding carboxylic acids is 1. The highest BCUT2D eigenvalue weighted by Gasteiger charge is 2.51. The third-order valence-corrected chi connectivity index (χ3v) is 18.0. The Morgan fingerprint density at radius 1 is 0.416 bits per heavy atom. The highest BCUT2D eigenvalue weighted by atomic mass is 16.7. The molecule has 1 amide bonds. The van der Waals surface area contributed by atoms with Crippen LogP contribution in [0.2, 0.25) is 0 Å². The first-order valence-electron chi connectivity index (χ1n) is 37.0. The lowest BCUT2D eigenvalue weighted by molar-refractivity contribution is -0.359. The maximum atomic E-state index is 13.4. The molecule has 9 N–H and O–H groups in total. The Hall–Kier alpha value is -2.31. The molecular formula is C75H137NO13. The summed E-state index contributed by atoms with van der Waals surface area (Å²) in [5, 5.41) is 87.7. The van der Waals surface area contributed by atoms with Crippen LogP contribution in [0.25, 0.3) is 0 Å². The maximum Gasteiger partial charge on any atom is 0.220 e. The van der Waals surface area contributed by atoms with Gasteiger partial charge in [-0.05, 0) is 57.8 Å². The molecule has 0 aromatic carbocycles. The minimum atomic E-state index is -1.79. The third-order valence-electron chi connectivity index (χ3n) is 18.0. The molecule has 0 spiro atoms. The first kappa shape index (κ1) is 82.8. The SMILES string of the molecule is CC/C=C\C/C=C\C/C=C\C/C=C\C/C=C\CCCCCCCCCCCCCC(=O)NC(COC1OC(CO)C(OC2OC(CO)C(O)C(O)C2O)C(O)C1O)C(O)CCCCCCCCCCCCCCCCCCCCCCCCCCCCCC. The van der Waals surface area contributed by atoms with E-state index in [0.29, 0.717) is 12.8 Å². The summed E-state index contributed by atoms with van der Waals surface area (Å²) >= 11 is 0. The van der Waals surface area contributed by atoms with Gasteiger partial charge in [0, 0.05) is 6.42 Å². The van der Waals surface area contributed by atoms with Crippen LogP contribution in [0.4, 0.5) is 0 Å². The number of amides is 1. The van der Waals surface area contributed by atoms with Crippen LogP contribution in [0.5, 0.6) is 0 Å². The van der Waals surface area contributed by atoms with Crippen LogP contribution in [-0.2, 0) is 23.7 Å². The molecule has 2 heterocycles. The molecule has 89 heavy (non-hydrogen) atoms. The molecule has 12 atom stereocenters. The highest BCUT2D eigenvalue weighted by Crippen LogP contribution is 2.30. The molecule has 0 aromatic heterocycles. The molecule has 0 bridgehead atoms. The quantitative estimate of drug-likeness (QED) is 0.0204. The number of unbranched alkanes of at least 4 members (excludes halogenated alkanes) is 38.